The van der Waals surface area contributed by atoms with Crippen molar-refractivity contribution < 1.29 is 61.4 Å². The van der Waals surface area contributed by atoms with Gasteiger partial charge in [-0.05, 0) is 65.8 Å². The molecule has 2 saturated heterocycles. The fourth-order valence-corrected chi connectivity index (χ4v) is 8.32. The van der Waals surface area contributed by atoms with Crippen molar-refractivity contribution >= 4 is 35.2 Å². The predicted octanol–water partition coefficient (Wildman–Crippen LogP) is 5.75. The number of nitrogens with one attached hydrogen (secondary N) is 2. The van der Waals surface area contributed by atoms with E-state index in [2.05, 4.69) is 49.3 Å². The number of hydrogen-bond acceptors (Lipinski definition) is 9. The number of hydrogen-bond donors (Lipinski definition) is 2. The predicted molar refractivity (Wildman–Crippen MR) is 252 cm³/mol. The Hall–Kier alpha value is -5.67. The number of aryl methyl sites for hydroxylation is 1. The second kappa shape index (κ2) is 22.4. The van der Waals surface area contributed by atoms with Crippen molar-refractivity contribution in [2.75, 3.05) is 51.3 Å². The van der Waals surface area contributed by atoms with E-state index in [0.717, 1.165) is 47.5 Å². The third-order valence-corrected chi connectivity index (χ3v) is 12.3. The molecule has 4 heterocycles. The Bertz CT molecular complexity index is 2670. The molecule has 4 aromatic carbocycles. The van der Waals surface area contributed by atoms with E-state index in [1.54, 1.807) is 36.0 Å². The van der Waals surface area contributed by atoms with Gasteiger partial charge in [0.1, 0.15) is 11.7 Å². The molecule has 15 heteroatoms. The van der Waals surface area contributed by atoms with Crippen LogP contribution in [0.5, 0.6) is 0 Å². The summed E-state index contributed by atoms with van der Waals surface area (Å²) >= 11 is 0. The SMILES string of the molecule is O=C1CCC(N2Cc3[c-]cccc3C2=O)C(=O)N1.[CH2-]COCCN1CCN(C(=O)c2ccc(Cc3nc(-c4cccc(NC(=O)c5ccc(C(C)(C)C)cc5)c4C)cn(C)c3=O)cc2)CC1.[Y]. The standard InChI is InChI=1S/C39H46N5O4.C13H11N2O3.Y/c1-7-48-24-23-43-19-21-44(22-20-43)37(46)30-13-11-28(12-14-30)25-34-38(47)42(6)26-35(40-34)32-9-8-10-33(27(32)2)41-36(45)29-15-17-31(18-16-29)39(3,4)5;16-11-6-5-10(12(17)14-11)15-7-8-3-1-2-4-9(8)13(15)18;/h8-18,26H,1,7,19-25H2,2-6H3,(H,41,45);1-2,4,10H,5-7H2,(H,14,16,17);/q2*-1;. The van der Waals surface area contributed by atoms with Crippen LogP contribution in [0.2, 0.25) is 0 Å². The van der Waals surface area contributed by atoms with Crippen LogP contribution in [0, 0.1) is 19.9 Å². The smallest absolute Gasteiger partial charge is 0.272 e. The molecule has 5 amide bonds. The third kappa shape index (κ3) is 12.3. The quantitative estimate of drug-likeness (QED) is 0.0954. The number of piperazine rings is 1. The zero-order valence-electron chi connectivity index (χ0n) is 38.9. The second-order valence-electron chi connectivity index (χ2n) is 17.8. The first-order chi connectivity index (χ1) is 31.6. The molecule has 1 unspecified atom stereocenters. The van der Waals surface area contributed by atoms with Gasteiger partial charge in [0.2, 0.25) is 11.8 Å². The van der Waals surface area contributed by atoms with E-state index in [0.29, 0.717) is 79.5 Å². The van der Waals surface area contributed by atoms with Crippen LogP contribution in [-0.2, 0) is 72.5 Å². The van der Waals surface area contributed by atoms with Crippen LogP contribution < -0.4 is 16.2 Å². The zero-order chi connectivity index (χ0) is 47.1. The summed E-state index contributed by atoms with van der Waals surface area (Å²) in [5.74, 6) is -0.990. The van der Waals surface area contributed by atoms with Gasteiger partial charge in [0, 0.05) is 120 Å². The Balaban J connectivity index is 0.000000323. The van der Waals surface area contributed by atoms with Gasteiger partial charge in [-0.25, -0.2) is 4.98 Å². The first kappa shape index (κ1) is 50.7. The molecule has 67 heavy (non-hydrogen) atoms. The van der Waals surface area contributed by atoms with Gasteiger partial charge in [-0.15, -0.1) is 5.56 Å². The molecule has 347 valence electrons. The summed E-state index contributed by atoms with van der Waals surface area (Å²) in [7, 11) is 1.72. The zero-order valence-corrected chi connectivity index (χ0v) is 41.7. The van der Waals surface area contributed by atoms with E-state index in [-0.39, 0.29) is 79.6 Å². The molecule has 14 nitrogen and oxygen atoms in total. The molecule has 0 saturated carbocycles. The van der Waals surface area contributed by atoms with E-state index in [4.69, 9.17) is 9.72 Å². The Morgan fingerprint density at radius 3 is 2.25 bits per heavy atom. The van der Waals surface area contributed by atoms with Crippen molar-refractivity contribution in [1.82, 2.24) is 29.6 Å². The number of piperidine rings is 1. The number of ether oxygens (including phenoxy) is 1. The number of rotatable bonds is 11. The van der Waals surface area contributed by atoms with Crippen molar-refractivity contribution in [3.05, 3.63) is 159 Å². The van der Waals surface area contributed by atoms with Crippen molar-refractivity contribution in [2.45, 2.75) is 65.0 Å². The number of amides is 5. The summed E-state index contributed by atoms with van der Waals surface area (Å²) < 4.78 is 6.89. The van der Waals surface area contributed by atoms with Gasteiger partial charge in [-0.3, -0.25) is 39.0 Å². The molecule has 1 radical (unpaired) electrons. The minimum atomic E-state index is -0.545. The maximum atomic E-state index is 13.2. The first-order valence-corrected chi connectivity index (χ1v) is 22.3. The minimum Gasteiger partial charge on any atom is -0.412 e. The number of aromatic nitrogens is 2. The van der Waals surface area contributed by atoms with Crippen molar-refractivity contribution in [3.8, 4) is 11.3 Å². The van der Waals surface area contributed by atoms with Gasteiger partial charge in [0.25, 0.3) is 17.4 Å². The average Bonchev–Trinajstić information content (AvgIpc) is 3.64. The van der Waals surface area contributed by atoms with Gasteiger partial charge in [0.05, 0.1) is 12.3 Å². The van der Waals surface area contributed by atoms with Crippen LogP contribution in [0.4, 0.5) is 5.69 Å². The molecule has 3 aliphatic heterocycles. The third-order valence-electron chi connectivity index (χ3n) is 12.3. The average molecular weight is 981 g/mol. The van der Waals surface area contributed by atoms with Crippen LogP contribution in [0.1, 0.15) is 92.6 Å². The maximum Gasteiger partial charge on any atom is 0.272 e. The second-order valence-corrected chi connectivity index (χ2v) is 17.8. The number of carbonyl (C=O) groups is 5. The topological polar surface area (TPSA) is 163 Å². The first-order valence-electron chi connectivity index (χ1n) is 22.3. The summed E-state index contributed by atoms with van der Waals surface area (Å²) in [5, 5.41) is 5.32. The molecule has 0 aliphatic carbocycles. The normalized spacial score (nSPS) is 16.1. The van der Waals surface area contributed by atoms with Gasteiger partial charge in [0.15, 0.2) is 5.91 Å². The molecule has 2 N–H and O–H groups in total. The molecule has 3 aliphatic rings. The van der Waals surface area contributed by atoms with E-state index in [9.17, 15) is 28.8 Å². The van der Waals surface area contributed by atoms with Gasteiger partial charge < -0.3 is 31.3 Å². The van der Waals surface area contributed by atoms with E-state index in [1.165, 1.54) is 4.90 Å². The number of benzene rings is 4. The fraction of sp³-hybridized carbons (Fsp3) is 0.346. The van der Waals surface area contributed by atoms with Crippen molar-refractivity contribution in [2.24, 2.45) is 7.05 Å². The number of fused-ring (bicyclic) bond motifs is 1. The summed E-state index contributed by atoms with van der Waals surface area (Å²) in [5.41, 5.74) is 7.89. The molecule has 8 rings (SSSR count). The molecule has 1 atom stereocenters. The van der Waals surface area contributed by atoms with Gasteiger partial charge >= 0.3 is 0 Å². The Morgan fingerprint density at radius 2 is 1.60 bits per heavy atom. The van der Waals surface area contributed by atoms with Gasteiger partial charge in [-0.1, -0.05) is 69.3 Å². The van der Waals surface area contributed by atoms with Crippen LogP contribution in [0.3, 0.4) is 0 Å². The molecule has 0 bridgehead atoms. The fourth-order valence-electron chi connectivity index (χ4n) is 8.32. The number of anilines is 1. The van der Waals surface area contributed by atoms with E-state index in [1.807, 2.05) is 78.6 Å². The van der Waals surface area contributed by atoms with Crippen LogP contribution >= 0.6 is 0 Å². The van der Waals surface area contributed by atoms with E-state index < -0.39 is 6.04 Å². The molecule has 0 spiro atoms. The van der Waals surface area contributed by atoms with Crippen LogP contribution in [0.15, 0.2) is 95.9 Å². The molecule has 5 aromatic rings. The molecular formula is C52H57N7O7Y-2. The van der Waals surface area contributed by atoms with Crippen molar-refractivity contribution in [3.63, 3.8) is 0 Å². The summed E-state index contributed by atoms with van der Waals surface area (Å²) in [6, 6.07) is 28.5. The number of imide groups is 1. The number of carbonyl (C=O) groups excluding carboxylic acids is 5. The monoisotopic (exact) mass is 980 g/mol. The molecular weight excluding hydrogens is 924 g/mol. The molecule has 2 fully saturated rings. The van der Waals surface area contributed by atoms with E-state index >= 15 is 0 Å². The summed E-state index contributed by atoms with van der Waals surface area (Å²) in [4.78, 5) is 85.0. The molecule has 1 aromatic heterocycles. The Morgan fingerprint density at radius 1 is 0.910 bits per heavy atom. The Kier molecular flexibility index (Phi) is 17.0. The van der Waals surface area contributed by atoms with Crippen LogP contribution in [0.25, 0.3) is 11.3 Å². The van der Waals surface area contributed by atoms with Gasteiger partial charge in [-0.2, -0.15) is 24.3 Å². The van der Waals surface area contributed by atoms with Crippen molar-refractivity contribution in [1.29, 1.82) is 0 Å². The minimum absolute atomic E-state index is 0. The summed E-state index contributed by atoms with van der Waals surface area (Å²) in [6.07, 6.45) is 2.72. The Labute approximate surface area is 417 Å². The summed E-state index contributed by atoms with van der Waals surface area (Å²) in [6.45, 7) is 17.4. The number of nitrogens with zero attached hydrogens (tertiary/aromatic N) is 5. The van der Waals surface area contributed by atoms with Crippen LogP contribution in [-0.4, -0.2) is 106 Å². The maximum absolute atomic E-state index is 13.2. The largest absolute Gasteiger partial charge is 0.412 e.